The molecule has 6 atom stereocenters. The number of aliphatic hydroxyl groups is 3. The van der Waals surface area contributed by atoms with Crippen LogP contribution in [-0.4, -0.2) is 33.1 Å². The Kier molecular flexibility index (Phi) is 5.87. The van der Waals surface area contributed by atoms with Gasteiger partial charge in [0.2, 0.25) is 0 Å². The van der Waals surface area contributed by atoms with Crippen LogP contribution in [0.5, 0.6) is 0 Å². The lowest BCUT2D eigenvalue weighted by atomic mass is 9.61. The first-order chi connectivity index (χ1) is 14.1. The molecule has 30 heavy (non-hydrogen) atoms. The molecule has 0 aliphatic heterocycles. The molecule has 4 rings (SSSR count). The monoisotopic (exact) mass is 414 g/mol. The van der Waals surface area contributed by atoms with Crippen LogP contribution in [0.15, 0.2) is 35.5 Å². The highest BCUT2D eigenvalue weighted by molar-refractivity contribution is 5.39. The van der Waals surface area contributed by atoms with Gasteiger partial charge in [0.1, 0.15) is 0 Å². The summed E-state index contributed by atoms with van der Waals surface area (Å²) in [4.78, 5) is 0. The van der Waals surface area contributed by atoms with Crippen molar-refractivity contribution in [3.63, 3.8) is 0 Å². The summed E-state index contributed by atoms with van der Waals surface area (Å²) in [6.45, 7) is 10.5. The van der Waals surface area contributed by atoms with Gasteiger partial charge in [-0.15, -0.1) is 0 Å². The molecule has 0 aromatic carbocycles. The maximum Gasteiger partial charge on any atom is 0.0811 e. The van der Waals surface area contributed by atoms with E-state index in [9.17, 15) is 15.3 Å². The maximum absolute atomic E-state index is 10.1. The van der Waals surface area contributed by atoms with Crippen molar-refractivity contribution in [3.8, 4) is 0 Å². The van der Waals surface area contributed by atoms with Gasteiger partial charge in [0.05, 0.1) is 17.8 Å². The molecule has 3 heteroatoms. The van der Waals surface area contributed by atoms with E-state index in [1.165, 1.54) is 44.9 Å². The van der Waals surface area contributed by atoms with Crippen molar-refractivity contribution in [3.05, 3.63) is 35.5 Å². The van der Waals surface area contributed by atoms with E-state index in [1.807, 2.05) is 13.8 Å². The molecular weight excluding hydrogens is 372 g/mol. The Labute approximate surface area is 183 Å². The predicted octanol–water partition coefficient (Wildman–Crippen LogP) is 5.46. The fraction of sp³-hybridized carbons (Fsp3) is 0.778. The summed E-state index contributed by atoms with van der Waals surface area (Å²) in [5, 5.41) is 30.2. The van der Waals surface area contributed by atoms with Gasteiger partial charge in [0.25, 0.3) is 0 Å². The van der Waals surface area contributed by atoms with Crippen molar-refractivity contribution in [2.45, 2.75) is 109 Å². The van der Waals surface area contributed by atoms with Gasteiger partial charge < -0.3 is 15.3 Å². The standard InChI is InChI=1S/C27H42O3/c1-18-20(15-22(28)16-24(18)29)10-9-19-7-5-13-26(4)23(19)11-14-27(26)17-21(27)8-6-12-25(2,3)30/h9-10,21-24,28-30H,1,5-8,11-17H2,2-4H3/b19-9+,20-10+/t21-,22-,23+,24+,26+,27+/m1/s1. The lowest BCUT2D eigenvalue weighted by Crippen LogP contribution is -2.35. The first kappa shape index (κ1) is 22.3. The Morgan fingerprint density at radius 3 is 2.70 bits per heavy atom. The summed E-state index contributed by atoms with van der Waals surface area (Å²) in [6, 6.07) is 0. The van der Waals surface area contributed by atoms with Crippen molar-refractivity contribution in [2.75, 3.05) is 0 Å². The quantitative estimate of drug-likeness (QED) is 0.560. The molecule has 168 valence electrons. The molecule has 4 aliphatic carbocycles. The first-order valence-electron chi connectivity index (χ1n) is 12.2. The molecular formula is C27H42O3. The van der Waals surface area contributed by atoms with E-state index in [2.05, 4.69) is 25.7 Å². The van der Waals surface area contributed by atoms with Crippen LogP contribution in [-0.2, 0) is 0 Å². The molecule has 0 heterocycles. The summed E-state index contributed by atoms with van der Waals surface area (Å²) < 4.78 is 0. The zero-order valence-electron chi connectivity index (χ0n) is 19.3. The molecule has 0 radical (unpaired) electrons. The Morgan fingerprint density at radius 2 is 1.97 bits per heavy atom. The lowest BCUT2D eigenvalue weighted by Gasteiger charge is -2.43. The van der Waals surface area contributed by atoms with Crippen molar-refractivity contribution >= 4 is 0 Å². The molecule has 4 aliphatic rings. The molecule has 0 unspecified atom stereocenters. The van der Waals surface area contributed by atoms with Crippen LogP contribution < -0.4 is 0 Å². The average Bonchev–Trinajstić information content (AvgIpc) is 3.27. The molecule has 4 saturated carbocycles. The van der Waals surface area contributed by atoms with Crippen LogP contribution in [0.2, 0.25) is 0 Å². The highest BCUT2D eigenvalue weighted by Gasteiger charge is 2.69. The topological polar surface area (TPSA) is 60.7 Å². The molecule has 0 aromatic rings. The fourth-order valence-electron chi connectivity index (χ4n) is 7.42. The fourth-order valence-corrected chi connectivity index (χ4v) is 7.42. The Hall–Kier alpha value is -0.900. The molecule has 3 N–H and O–H groups in total. The van der Waals surface area contributed by atoms with E-state index >= 15 is 0 Å². The summed E-state index contributed by atoms with van der Waals surface area (Å²) in [5.41, 5.74) is 3.79. The van der Waals surface area contributed by atoms with Gasteiger partial charge >= 0.3 is 0 Å². The van der Waals surface area contributed by atoms with Crippen molar-refractivity contribution in [1.82, 2.24) is 0 Å². The van der Waals surface area contributed by atoms with E-state index < -0.39 is 17.8 Å². The third kappa shape index (κ3) is 3.98. The molecule has 0 saturated heterocycles. The molecule has 1 spiro atoms. The number of hydrogen-bond donors (Lipinski definition) is 3. The minimum absolute atomic E-state index is 0.408. The third-order valence-electron chi connectivity index (χ3n) is 9.23. The van der Waals surface area contributed by atoms with Gasteiger partial charge in [0.15, 0.2) is 0 Å². The Morgan fingerprint density at radius 1 is 1.20 bits per heavy atom. The molecule has 0 aromatic heterocycles. The smallest absolute Gasteiger partial charge is 0.0811 e. The van der Waals surface area contributed by atoms with Crippen molar-refractivity contribution in [1.29, 1.82) is 0 Å². The summed E-state index contributed by atoms with van der Waals surface area (Å²) in [6.07, 6.45) is 15.6. The van der Waals surface area contributed by atoms with E-state index in [-0.39, 0.29) is 0 Å². The highest BCUT2D eigenvalue weighted by Crippen LogP contribution is 2.77. The van der Waals surface area contributed by atoms with Gasteiger partial charge in [-0.3, -0.25) is 0 Å². The van der Waals surface area contributed by atoms with Crippen LogP contribution in [0.3, 0.4) is 0 Å². The van der Waals surface area contributed by atoms with E-state index in [4.69, 9.17) is 0 Å². The van der Waals surface area contributed by atoms with E-state index in [0.29, 0.717) is 29.6 Å². The normalized spacial score (nSPS) is 44.1. The summed E-state index contributed by atoms with van der Waals surface area (Å²) in [5.74, 6) is 1.52. The largest absolute Gasteiger partial charge is 0.393 e. The molecule has 3 nitrogen and oxygen atoms in total. The minimum Gasteiger partial charge on any atom is -0.393 e. The second kappa shape index (κ2) is 7.90. The third-order valence-corrected chi connectivity index (χ3v) is 9.23. The number of aliphatic hydroxyl groups excluding tert-OH is 2. The van der Waals surface area contributed by atoms with Crippen LogP contribution >= 0.6 is 0 Å². The average molecular weight is 415 g/mol. The first-order valence-corrected chi connectivity index (χ1v) is 12.2. The number of fused-ring (bicyclic) bond motifs is 2. The van der Waals surface area contributed by atoms with E-state index in [0.717, 1.165) is 29.9 Å². The minimum atomic E-state index is -0.610. The Bertz CT molecular complexity index is 742. The predicted molar refractivity (Wildman–Crippen MR) is 122 cm³/mol. The van der Waals surface area contributed by atoms with Crippen LogP contribution in [0, 0.1) is 22.7 Å². The van der Waals surface area contributed by atoms with Gasteiger partial charge in [-0.25, -0.2) is 0 Å². The highest BCUT2D eigenvalue weighted by atomic mass is 16.3. The van der Waals surface area contributed by atoms with E-state index in [1.54, 1.807) is 5.57 Å². The zero-order chi connectivity index (χ0) is 21.7. The number of hydrogen-bond acceptors (Lipinski definition) is 3. The summed E-state index contributed by atoms with van der Waals surface area (Å²) >= 11 is 0. The van der Waals surface area contributed by atoms with Crippen LogP contribution in [0.1, 0.15) is 91.4 Å². The molecule has 0 amide bonds. The second-order valence-corrected chi connectivity index (χ2v) is 11.7. The summed E-state index contributed by atoms with van der Waals surface area (Å²) in [7, 11) is 0. The maximum atomic E-state index is 10.1. The van der Waals surface area contributed by atoms with Gasteiger partial charge in [-0.05, 0) is 105 Å². The van der Waals surface area contributed by atoms with Crippen molar-refractivity contribution in [2.24, 2.45) is 22.7 Å². The zero-order valence-corrected chi connectivity index (χ0v) is 19.3. The molecule has 4 fully saturated rings. The van der Waals surface area contributed by atoms with Gasteiger partial charge in [-0.1, -0.05) is 37.6 Å². The van der Waals surface area contributed by atoms with Gasteiger partial charge in [-0.2, -0.15) is 0 Å². The number of allylic oxidation sites excluding steroid dienone is 3. The molecule has 0 bridgehead atoms. The Balaban J connectivity index is 1.46. The SMILES string of the molecule is C=C1/C(=C/C=C2\CCC[C@@]3(C)[C@H]2CC[C@@]32C[C@H]2CCCC(C)(C)O)C[C@@H](O)C[C@@H]1O. The lowest BCUT2D eigenvalue weighted by molar-refractivity contribution is 0.0653. The van der Waals surface area contributed by atoms with Crippen LogP contribution in [0.4, 0.5) is 0 Å². The number of rotatable bonds is 5. The van der Waals surface area contributed by atoms with Crippen LogP contribution in [0.25, 0.3) is 0 Å². The second-order valence-electron chi connectivity index (χ2n) is 11.7. The van der Waals surface area contributed by atoms with Gasteiger partial charge in [0, 0.05) is 6.42 Å². The van der Waals surface area contributed by atoms with Crippen molar-refractivity contribution < 1.29 is 15.3 Å².